The molecule has 124 valence electrons. The summed E-state index contributed by atoms with van der Waals surface area (Å²) in [6, 6.07) is 3.96. The van der Waals surface area contributed by atoms with Crippen molar-refractivity contribution in [1.82, 2.24) is 19.4 Å². The molecule has 0 atom stereocenters. The highest BCUT2D eigenvalue weighted by Gasteiger charge is 2.24. The number of aryl methyl sites for hydroxylation is 2. The van der Waals surface area contributed by atoms with Gasteiger partial charge in [0.2, 0.25) is 0 Å². The van der Waals surface area contributed by atoms with Crippen LogP contribution in [0, 0.1) is 6.92 Å². The molecule has 0 unspecified atom stereocenters. The van der Waals surface area contributed by atoms with E-state index < -0.39 is 0 Å². The first-order valence-electron chi connectivity index (χ1n) is 7.90. The number of ether oxygens (including phenoxy) is 1. The number of carbonyl (C=O) groups excluding carboxylic acids is 1. The Hall–Kier alpha value is -2.25. The lowest BCUT2D eigenvalue weighted by atomic mass is 10.2. The van der Waals surface area contributed by atoms with Gasteiger partial charge in [-0.3, -0.25) is 4.79 Å². The van der Waals surface area contributed by atoms with Gasteiger partial charge in [-0.1, -0.05) is 0 Å². The molecule has 1 saturated heterocycles. The molecule has 3 aromatic rings. The molecule has 0 bridgehead atoms. The van der Waals surface area contributed by atoms with Crippen LogP contribution in [-0.4, -0.2) is 51.6 Å². The van der Waals surface area contributed by atoms with Crippen LogP contribution in [0.1, 0.15) is 15.4 Å². The van der Waals surface area contributed by atoms with Crippen LogP contribution in [0.25, 0.3) is 21.6 Å². The van der Waals surface area contributed by atoms with E-state index in [0.29, 0.717) is 31.2 Å². The average molecular weight is 342 g/mol. The predicted molar refractivity (Wildman–Crippen MR) is 93.3 cm³/mol. The van der Waals surface area contributed by atoms with Crippen LogP contribution in [0.4, 0.5) is 0 Å². The number of amides is 1. The highest BCUT2D eigenvalue weighted by Crippen LogP contribution is 2.34. The molecule has 0 radical (unpaired) electrons. The van der Waals surface area contributed by atoms with Crippen molar-refractivity contribution in [1.29, 1.82) is 0 Å². The third kappa shape index (κ3) is 2.50. The zero-order valence-electron chi connectivity index (χ0n) is 13.7. The second kappa shape index (κ2) is 5.99. The lowest BCUT2D eigenvalue weighted by Gasteiger charge is -2.26. The molecule has 1 fully saturated rings. The van der Waals surface area contributed by atoms with Crippen molar-refractivity contribution in [2.45, 2.75) is 6.92 Å². The minimum absolute atomic E-state index is 0.0536. The summed E-state index contributed by atoms with van der Waals surface area (Å²) in [5.74, 6) is 0.0536. The fourth-order valence-electron chi connectivity index (χ4n) is 3.00. The third-order valence-corrected chi connectivity index (χ3v) is 5.43. The minimum Gasteiger partial charge on any atom is -0.378 e. The number of morpholine rings is 1. The van der Waals surface area contributed by atoms with Crippen LogP contribution in [-0.2, 0) is 11.8 Å². The van der Waals surface area contributed by atoms with E-state index in [4.69, 9.17) is 4.74 Å². The molecule has 1 aliphatic heterocycles. The summed E-state index contributed by atoms with van der Waals surface area (Å²) in [5.41, 5.74) is 2.73. The third-order valence-electron chi connectivity index (χ3n) is 4.25. The molecular formula is C17H18N4O2S. The standard InChI is InChI=1S/C17H18N4O2S/c1-11-14(17(22)21-6-8-23-9-7-21)24-16(19-11)13-10-20(2)15-12(13)4-3-5-18-15/h3-5,10H,6-9H2,1-2H3. The van der Waals surface area contributed by atoms with Crippen LogP contribution >= 0.6 is 11.3 Å². The Morgan fingerprint density at radius 2 is 2.12 bits per heavy atom. The summed E-state index contributed by atoms with van der Waals surface area (Å²) in [6.07, 6.45) is 3.81. The largest absolute Gasteiger partial charge is 0.378 e. The Kier molecular flexibility index (Phi) is 3.82. The number of hydrogen-bond acceptors (Lipinski definition) is 5. The fourth-order valence-corrected chi connectivity index (χ4v) is 4.06. The summed E-state index contributed by atoms with van der Waals surface area (Å²) in [5, 5.41) is 1.92. The maximum Gasteiger partial charge on any atom is 0.266 e. The first-order chi connectivity index (χ1) is 11.6. The molecule has 4 rings (SSSR count). The molecule has 24 heavy (non-hydrogen) atoms. The minimum atomic E-state index is 0.0536. The molecule has 3 aromatic heterocycles. The van der Waals surface area contributed by atoms with E-state index in [1.54, 1.807) is 6.20 Å². The fraction of sp³-hybridized carbons (Fsp3) is 0.353. The molecule has 6 nitrogen and oxygen atoms in total. The SMILES string of the molecule is Cc1nc(-c2cn(C)c3ncccc23)sc1C(=O)N1CCOCC1. The van der Waals surface area contributed by atoms with Gasteiger partial charge in [0.1, 0.15) is 15.5 Å². The second-order valence-electron chi connectivity index (χ2n) is 5.87. The average Bonchev–Trinajstić information content (AvgIpc) is 3.16. The van der Waals surface area contributed by atoms with Gasteiger partial charge in [0, 0.05) is 43.5 Å². The first kappa shape index (κ1) is 15.3. The monoisotopic (exact) mass is 342 g/mol. The van der Waals surface area contributed by atoms with Gasteiger partial charge in [0.25, 0.3) is 5.91 Å². The van der Waals surface area contributed by atoms with E-state index >= 15 is 0 Å². The highest BCUT2D eigenvalue weighted by molar-refractivity contribution is 7.17. The number of nitrogens with zero attached hydrogens (tertiary/aromatic N) is 4. The van der Waals surface area contributed by atoms with Gasteiger partial charge < -0.3 is 14.2 Å². The lowest BCUT2D eigenvalue weighted by molar-refractivity contribution is 0.0305. The summed E-state index contributed by atoms with van der Waals surface area (Å²) in [4.78, 5) is 24.4. The summed E-state index contributed by atoms with van der Waals surface area (Å²) >= 11 is 1.46. The molecule has 7 heteroatoms. The molecule has 0 aliphatic carbocycles. The van der Waals surface area contributed by atoms with Gasteiger partial charge in [-0.2, -0.15) is 0 Å². The molecule has 0 spiro atoms. The number of carbonyl (C=O) groups is 1. The van der Waals surface area contributed by atoms with Crippen molar-refractivity contribution < 1.29 is 9.53 Å². The summed E-state index contributed by atoms with van der Waals surface area (Å²) < 4.78 is 7.32. The number of hydrogen-bond donors (Lipinski definition) is 0. The summed E-state index contributed by atoms with van der Waals surface area (Å²) in [6.45, 7) is 4.39. The first-order valence-corrected chi connectivity index (χ1v) is 8.71. The Balaban J connectivity index is 1.74. The van der Waals surface area contributed by atoms with Crippen molar-refractivity contribution in [2.75, 3.05) is 26.3 Å². The number of aromatic nitrogens is 3. The van der Waals surface area contributed by atoms with Crippen molar-refractivity contribution in [2.24, 2.45) is 7.05 Å². The van der Waals surface area contributed by atoms with Crippen molar-refractivity contribution >= 4 is 28.3 Å². The number of pyridine rings is 1. The zero-order chi connectivity index (χ0) is 16.7. The Labute approximate surface area is 143 Å². The normalized spacial score (nSPS) is 15.2. The predicted octanol–water partition coefficient (Wildman–Crippen LogP) is 2.48. The lowest BCUT2D eigenvalue weighted by Crippen LogP contribution is -2.40. The Bertz CT molecular complexity index is 909. The van der Waals surface area contributed by atoms with E-state index in [0.717, 1.165) is 27.3 Å². The van der Waals surface area contributed by atoms with Crippen molar-refractivity contribution in [3.63, 3.8) is 0 Å². The number of rotatable bonds is 2. The molecule has 1 aliphatic rings. The quantitative estimate of drug-likeness (QED) is 0.718. The van der Waals surface area contributed by atoms with Crippen molar-refractivity contribution in [3.8, 4) is 10.6 Å². The second-order valence-corrected chi connectivity index (χ2v) is 6.87. The van der Waals surface area contributed by atoms with Gasteiger partial charge in [-0.15, -0.1) is 11.3 Å². The molecule has 1 amide bonds. The van der Waals surface area contributed by atoms with E-state index in [1.807, 2.05) is 41.8 Å². The number of fused-ring (bicyclic) bond motifs is 1. The zero-order valence-corrected chi connectivity index (χ0v) is 14.5. The van der Waals surface area contributed by atoms with E-state index in [2.05, 4.69) is 9.97 Å². The van der Waals surface area contributed by atoms with Crippen LogP contribution in [0.15, 0.2) is 24.5 Å². The van der Waals surface area contributed by atoms with Gasteiger partial charge in [-0.25, -0.2) is 9.97 Å². The Morgan fingerprint density at radius 3 is 2.92 bits per heavy atom. The highest BCUT2D eigenvalue weighted by atomic mass is 32.1. The van der Waals surface area contributed by atoms with Crippen LogP contribution in [0.2, 0.25) is 0 Å². The van der Waals surface area contributed by atoms with E-state index in [9.17, 15) is 4.79 Å². The molecule has 0 saturated carbocycles. The van der Waals surface area contributed by atoms with E-state index in [-0.39, 0.29) is 5.91 Å². The van der Waals surface area contributed by atoms with E-state index in [1.165, 1.54) is 11.3 Å². The van der Waals surface area contributed by atoms with Gasteiger partial charge in [0.05, 0.1) is 18.9 Å². The molecule has 0 aromatic carbocycles. The van der Waals surface area contributed by atoms with Crippen LogP contribution < -0.4 is 0 Å². The van der Waals surface area contributed by atoms with Crippen LogP contribution in [0.5, 0.6) is 0 Å². The smallest absolute Gasteiger partial charge is 0.266 e. The maximum atomic E-state index is 12.8. The summed E-state index contributed by atoms with van der Waals surface area (Å²) in [7, 11) is 1.97. The van der Waals surface area contributed by atoms with Crippen molar-refractivity contribution in [3.05, 3.63) is 35.1 Å². The molecule has 0 N–H and O–H groups in total. The maximum absolute atomic E-state index is 12.8. The number of thiazole rings is 1. The van der Waals surface area contributed by atoms with Gasteiger partial charge >= 0.3 is 0 Å². The Morgan fingerprint density at radius 1 is 1.33 bits per heavy atom. The van der Waals surface area contributed by atoms with Gasteiger partial charge in [-0.05, 0) is 19.1 Å². The van der Waals surface area contributed by atoms with Crippen LogP contribution in [0.3, 0.4) is 0 Å². The molecular weight excluding hydrogens is 324 g/mol. The topological polar surface area (TPSA) is 60.2 Å². The van der Waals surface area contributed by atoms with Gasteiger partial charge in [0.15, 0.2) is 0 Å². The molecule has 4 heterocycles.